The van der Waals surface area contributed by atoms with Crippen LogP contribution in [0.2, 0.25) is 0 Å². The van der Waals surface area contributed by atoms with Gasteiger partial charge in [-0.25, -0.2) is 4.39 Å². The van der Waals surface area contributed by atoms with Crippen LogP contribution in [0.1, 0.15) is 5.56 Å². The molecule has 0 fully saturated rings. The molecular weight excluding hydrogens is 251 g/mol. The van der Waals surface area contributed by atoms with Gasteiger partial charge in [-0.3, -0.25) is 4.79 Å². The number of rotatable bonds is 4. The van der Waals surface area contributed by atoms with Crippen LogP contribution in [0.4, 0.5) is 4.39 Å². The van der Waals surface area contributed by atoms with E-state index in [1.54, 1.807) is 6.07 Å². The SMILES string of the molecule is NC(=O)CNCc1cc(F)ccc1Br. The lowest BCUT2D eigenvalue weighted by atomic mass is 10.2. The summed E-state index contributed by atoms with van der Waals surface area (Å²) in [6, 6.07) is 4.39. The van der Waals surface area contributed by atoms with E-state index in [9.17, 15) is 9.18 Å². The van der Waals surface area contributed by atoms with Gasteiger partial charge < -0.3 is 11.1 Å². The van der Waals surface area contributed by atoms with E-state index in [0.29, 0.717) is 6.54 Å². The van der Waals surface area contributed by atoms with Crippen LogP contribution in [0.25, 0.3) is 0 Å². The van der Waals surface area contributed by atoms with Crippen molar-refractivity contribution < 1.29 is 9.18 Å². The van der Waals surface area contributed by atoms with Gasteiger partial charge in [0.15, 0.2) is 0 Å². The van der Waals surface area contributed by atoms with Crippen molar-refractivity contribution >= 4 is 21.8 Å². The number of hydrogen-bond acceptors (Lipinski definition) is 2. The molecule has 0 saturated heterocycles. The first kappa shape index (κ1) is 11.1. The van der Waals surface area contributed by atoms with Gasteiger partial charge in [0, 0.05) is 11.0 Å². The van der Waals surface area contributed by atoms with Gasteiger partial charge in [-0.2, -0.15) is 0 Å². The third kappa shape index (κ3) is 3.43. The van der Waals surface area contributed by atoms with Gasteiger partial charge >= 0.3 is 0 Å². The fourth-order valence-electron chi connectivity index (χ4n) is 0.999. The molecule has 3 nitrogen and oxygen atoms in total. The second-order valence-electron chi connectivity index (χ2n) is 2.81. The summed E-state index contributed by atoms with van der Waals surface area (Å²) in [6.07, 6.45) is 0. The number of halogens is 2. The molecule has 1 aromatic rings. The number of hydrogen-bond donors (Lipinski definition) is 2. The van der Waals surface area contributed by atoms with Crippen LogP contribution in [0.5, 0.6) is 0 Å². The Morgan fingerprint density at radius 3 is 2.93 bits per heavy atom. The van der Waals surface area contributed by atoms with Crippen molar-refractivity contribution in [2.45, 2.75) is 6.54 Å². The maximum absolute atomic E-state index is 12.8. The molecule has 14 heavy (non-hydrogen) atoms. The van der Waals surface area contributed by atoms with Crippen molar-refractivity contribution in [3.05, 3.63) is 34.1 Å². The first-order valence-electron chi connectivity index (χ1n) is 4.02. The van der Waals surface area contributed by atoms with E-state index < -0.39 is 5.91 Å². The molecule has 0 heterocycles. The smallest absolute Gasteiger partial charge is 0.231 e. The molecule has 0 saturated carbocycles. The molecule has 5 heteroatoms. The van der Waals surface area contributed by atoms with Gasteiger partial charge in [0.05, 0.1) is 6.54 Å². The summed E-state index contributed by atoms with van der Waals surface area (Å²) in [5.74, 6) is -0.735. The van der Waals surface area contributed by atoms with Crippen LogP contribution in [-0.2, 0) is 11.3 Å². The fraction of sp³-hybridized carbons (Fsp3) is 0.222. The van der Waals surface area contributed by atoms with Gasteiger partial charge in [0.1, 0.15) is 5.82 Å². The second-order valence-corrected chi connectivity index (χ2v) is 3.66. The van der Waals surface area contributed by atoms with Crippen LogP contribution in [-0.4, -0.2) is 12.5 Å². The van der Waals surface area contributed by atoms with Gasteiger partial charge in [0.2, 0.25) is 5.91 Å². The Morgan fingerprint density at radius 1 is 1.57 bits per heavy atom. The van der Waals surface area contributed by atoms with Crippen LogP contribution < -0.4 is 11.1 Å². The Labute approximate surface area is 89.6 Å². The minimum Gasteiger partial charge on any atom is -0.369 e. The van der Waals surface area contributed by atoms with E-state index in [-0.39, 0.29) is 12.4 Å². The monoisotopic (exact) mass is 260 g/mol. The van der Waals surface area contributed by atoms with Crippen molar-refractivity contribution in [1.82, 2.24) is 5.32 Å². The second kappa shape index (κ2) is 5.07. The molecule has 76 valence electrons. The molecule has 0 aliphatic heterocycles. The van der Waals surface area contributed by atoms with E-state index in [1.807, 2.05) is 0 Å². The Kier molecular flexibility index (Phi) is 4.03. The quantitative estimate of drug-likeness (QED) is 0.854. The highest BCUT2D eigenvalue weighted by molar-refractivity contribution is 9.10. The number of carbonyl (C=O) groups is 1. The molecule has 0 atom stereocenters. The Bertz CT molecular complexity index is 344. The van der Waals surface area contributed by atoms with E-state index in [1.165, 1.54) is 12.1 Å². The van der Waals surface area contributed by atoms with Crippen LogP contribution in [0, 0.1) is 5.82 Å². The minimum atomic E-state index is -0.433. The molecule has 0 spiro atoms. The number of nitrogens with two attached hydrogens (primary N) is 1. The first-order valence-corrected chi connectivity index (χ1v) is 4.82. The zero-order valence-corrected chi connectivity index (χ0v) is 8.97. The summed E-state index contributed by atoms with van der Waals surface area (Å²) < 4.78 is 13.6. The molecule has 3 N–H and O–H groups in total. The maximum atomic E-state index is 12.8. The van der Waals surface area contributed by atoms with Crippen LogP contribution >= 0.6 is 15.9 Å². The first-order chi connectivity index (χ1) is 6.59. The molecule has 0 bridgehead atoms. The molecule has 1 rings (SSSR count). The standard InChI is InChI=1S/C9H10BrFN2O/c10-8-2-1-7(11)3-6(8)4-13-5-9(12)14/h1-3,13H,4-5H2,(H2,12,14). The molecular formula is C9H10BrFN2O. The van der Waals surface area contributed by atoms with Gasteiger partial charge in [-0.05, 0) is 23.8 Å². The number of primary amides is 1. The van der Waals surface area contributed by atoms with Gasteiger partial charge in [-0.1, -0.05) is 15.9 Å². The zero-order valence-electron chi connectivity index (χ0n) is 7.39. The zero-order chi connectivity index (χ0) is 10.6. The van der Waals surface area contributed by atoms with Crippen molar-refractivity contribution in [3.8, 4) is 0 Å². The highest BCUT2D eigenvalue weighted by atomic mass is 79.9. The summed E-state index contributed by atoms with van der Waals surface area (Å²) in [5, 5.41) is 2.80. The topological polar surface area (TPSA) is 55.1 Å². The lowest BCUT2D eigenvalue weighted by Crippen LogP contribution is -2.28. The van der Waals surface area contributed by atoms with Crippen LogP contribution in [0.15, 0.2) is 22.7 Å². The summed E-state index contributed by atoms with van der Waals surface area (Å²) in [4.78, 5) is 10.4. The summed E-state index contributed by atoms with van der Waals surface area (Å²) in [7, 11) is 0. The van der Waals surface area contributed by atoms with Gasteiger partial charge in [0.25, 0.3) is 0 Å². The number of benzene rings is 1. The van der Waals surface area contributed by atoms with Crippen molar-refractivity contribution in [1.29, 1.82) is 0 Å². The van der Waals surface area contributed by atoms with Gasteiger partial charge in [-0.15, -0.1) is 0 Å². The minimum absolute atomic E-state index is 0.0863. The van der Waals surface area contributed by atoms with Crippen LogP contribution in [0.3, 0.4) is 0 Å². The van der Waals surface area contributed by atoms with Crippen molar-refractivity contribution in [3.63, 3.8) is 0 Å². The van der Waals surface area contributed by atoms with Crippen molar-refractivity contribution in [2.24, 2.45) is 5.73 Å². The predicted molar refractivity (Wildman–Crippen MR) is 55.0 cm³/mol. The van der Waals surface area contributed by atoms with E-state index in [0.717, 1.165) is 10.0 Å². The average molecular weight is 261 g/mol. The number of nitrogens with one attached hydrogen (secondary N) is 1. The summed E-state index contributed by atoms with van der Waals surface area (Å²) >= 11 is 3.27. The molecule has 0 aromatic heterocycles. The molecule has 0 aliphatic carbocycles. The molecule has 0 radical (unpaired) electrons. The summed E-state index contributed by atoms with van der Waals surface area (Å²) in [6.45, 7) is 0.490. The van der Waals surface area contributed by atoms with E-state index >= 15 is 0 Å². The Morgan fingerprint density at radius 2 is 2.29 bits per heavy atom. The number of carbonyl (C=O) groups excluding carboxylic acids is 1. The fourth-order valence-corrected chi connectivity index (χ4v) is 1.39. The Hall–Kier alpha value is -0.940. The highest BCUT2D eigenvalue weighted by Gasteiger charge is 2.01. The predicted octanol–water partition coefficient (Wildman–Crippen LogP) is 1.16. The Balaban J connectivity index is 2.57. The molecule has 1 aromatic carbocycles. The third-order valence-corrected chi connectivity index (χ3v) is 2.40. The average Bonchev–Trinajstić information content (AvgIpc) is 2.10. The maximum Gasteiger partial charge on any atom is 0.231 e. The van der Waals surface area contributed by atoms with Crippen molar-refractivity contribution in [2.75, 3.05) is 6.54 Å². The van der Waals surface area contributed by atoms with E-state index in [4.69, 9.17) is 5.73 Å². The third-order valence-electron chi connectivity index (χ3n) is 1.62. The summed E-state index contributed by atoms with van der Waals surface area (Å²) in [5.41, 5.74) is 5.69. The molecule has 0 aliphatic rings. The lowest BCUT2D eigenvalue weighted by molar-refractivity contribution is -0.117. The molecule has 0 unspecified atom stereocenters. The van der Waals surface area contributed by atoms with E-state index in [2.05, 4.69) is 21.2 Å². The normalized spacial score (nSPS) is 10.1. The highest BCUT2D eigenvalue weighted by Crippen LogP contribution is 2.17. The number of amides is 1. The lowest BCUT2D eigenvalue weighted by Gasteiger charge is -2.05. The largest absolute Gasteiger partial charge is 0.369 e. The molecule has 1 amide bonds.